The minimum Gasteiger partial charge on any atom is -0.508 e. The first kappa shape index (κ1) is 16.4. The van der Waals surface area contributed by atoms with Gasteiger partial charge in [-0.2, -0.15) is 0 Å². The number of carbonyl (C=O) groups is 1. The van der Waals surface area contributed by atoms with Crippen LogP contribution in [0, 0.1) is 5.92 Å². The number of benzene rings is 1. The van der Waals surface area contributed by atoms with E-state index in [2.05, 4.69) is 0 Å². The molecule has 7 heteroatoms. The van der Waals surface area contributed by atoms with Crippen molar-refractivity contribution < 1.29 is 15.0 Å². The maximum absolute atomic E-state index is 11.4. The van der Waals surface area contributed by atoms with Gasteiger partial charge in [0.1, 0.15) is 12.4 Å². The van der Waals surface area contributed by atoms with E-state index in [0.717, 1.165) is 0 Å². The molecule has 1 aliphatic rings. The van der Waals surface area contributed by atoms with Crippen LogP contribution in [-0.2, 0) is 4.79 Å². The molecule has 1 saturated heterocycles. The molecule has 1 aromatic carbocycles. The van der Waals surface area contributed by atoms with Gasteiger partial charge in [0.05, 0.1) is 10.0 Å². The van der Waals surface area contributed by atoms with E-state index in [1.54, 1.807) is 11.0 Å². The van der Waals surface area contributed by atoms with Gasteiger partial charge in [0.2, 0.25) is 5.91 Å². The molecular formula is C14H18Cl2N2O3. The molecule has 116 valence electrons. The van der Waals surface area contributed by atoms with E-state index in [1.165, 1.54) is 6.07 Å². The third-order valence-electron chi connectivity index (χ3n) is 3.96. The molecule has 1 atom stereocenters. The molecule has 1 amide bonds. The SMILES string of the molecule is N[C@@H](c1cc(Cl)c(Cl)cc1O)C1CCN(C(=O)CO)CC1. The van der Waals surface area contributed by atoms with Crippen molar-refractivity contribution in [1.82, 2.24) is 4.90 Å². The van der Waals surface area contributed by atoms with Crippen molar-refractivity contribution in [2.45, 2.75) is 18.9 Å². The van der Waals surface area contributed by atoms with Gasteiger partial charge in [-0.05, 0) is 24.8 Å². The van der Waals surface area contributed by atoms with Crippen LogP contribution in [0.5, 0.6) is 5.75 Å². The zero-order valence-corrected chi connectivity index (χ0v) is 12.9. The maximum atomic E-state index is 11.4. The molecular weight excluding hydrogens is 315 g/mol. The lowest BCUT2D eigenvalue weighted by atomic mass is 9.85. The molecule has 2 rings (SSSR count). The molecule has 0 aromatic heterocycles. The number of nitrogens with two attached hydrogens (primary N) is 1. The lowest BCUT2D eigenvalue weighted by Gasteiger charge is -2.34. The minimum absolute atomic E-state index is 0.0331. The molecule has 0 radical (unpaired) electrons. The summed E-state index contributed by atoms with van der Waals surface area (Å²) in [6.45, 7) is 0.643. The average Bonchev–Trinajstić information content (AvgIpc) is 2.49. The fourth-order valence-corrected chi connectivity index (χ4v) is 3.01. The number of halogens is 2. The standard InChI is InChI=1S/C14H18Cl2N2O3/c15-10-5-9(12(20)6-11(10)16)14(17)8-1-3-18(4-2-8)13(21)7-19/h5-6,8,14,19-20H,1-4,7,17H2/t14-/m1/s1. The Morgan fingerprint density at radius 2 is 1.90 bits per heavy atom. The predicted molar refractivity (Wildman–Crippen MR) is 81.4 cm³/mol. The largest absolute Gasteiger partial charge is 0.508 e. The Bertz CT molecular complexity index is 531. The van der Waals surface area contributed by atoms with Crippen molar-refractivity contribution in [3.05, 3.63) is 27.7 Å². The number of hydrogen-bond acceptors (Lipinski definition) is 4. The molecule has 4 N–H and O–H groups in total. The predicted octanol–water partition coefficient (Wildman–Crippen LogP) is 1.93. The van der Waals surface area contributed by atoms with Gasteiger partial charge in [-0.25, -0.2) is 0 Å². The molecule has 0 aliphatic carbocycles. The quantitative estimate of drug-likeness (QED) is 0.789. The summed E-state index contributed by atoms with van der Waals surface area (Å²) in [6.07, 6.45) is 1.43. The summed E-state index contributed by atoms with van der Waals surface area (Å²) in [5, 5.41) is 19.5. The highest BCUT2D eigenvalue weighted by Gasteiger charge is 2.28. The molecule has 1 heterocycles. The molecule has 0 spiro atoms. The molecule has 21 heavy (non-hydrogen) atoms. The third-order valence-corrected chi connectivity index (χ3v) is 4.69. The highest BCUT2D eigenvalue weighted by atomic mass is 35.5. The van der Waals surface area contributed by atoms with E-state index in [4.69, 9.17) is 34.0 Å². The van der Waals surface area contributed by atoms with Gasteiger partial charge in [-0.3, -0.25) is 4.79 Å². The highest BCUT2D eigenvalue weighted by molar-refractivity contribution is 6.42. The Morgan fingerprint density at radius 3 is 2.48 bits per heavy atom. The molecule has 1 fully saturated rings. The number of aliphatic hydroxyl groups excluding tert-OH is 1. The lowest BCUT2D eigenvalue weighted by Crippen LogP contribution is -2.42. The number of carbonyl (C=O) groups excluding carboxylic acids is 1. The van der Waals surface area contributed by atoms with Crippen LogP contribution in [-0.4, -0.2) is 40.7 Å². The number of aliphatic hydroxyl groups is 1. The lowest BCUT2D eigenvalue weighted by molar-refractivity contribution is -0.135. The number of likely N-dealkylation sites (tertiary alicyclic amines) is 1. The van der Waals surface area contributed by atoms with Crippen LogP contribution in [0.2, 0.25) is 10.0 Å². The first-order chi connectivity index (χ1) is 9.93. The van der Waals surface area contributed by atoms with Crippen LogP contribution >= 0.6 is 23.2 Å². The summed E-state index contributed by atoms with van der Waals surface area (Å²) in [5.74, 6) is -0.0962. The number of rotatable bonds is 3. The van der Waals surface area contributed by atoms with Crippen molar-refractivity contribution in [3.8, 4) is 5.75 Å². The smallest absolute Gasteiger partial charge is 0.248 e. The monoisotopic (exact) mass is 332 g/mol. The second-order valence-electron chi connectivity index (χ2n) is 5.23. The highest BCUT2D eigenvalue weighted by Crippen LogP contribution is 2.37. The van der Waals surface area contributed by atoms with Gasteiger partial charge < -0.3 is 20.8 Å². The number of phenolic OH excluding ortho intramolecular Hbond substituents is 1. The minimum atomic E-state index is -0.468. The molecule has 1 aliphatic heterocycles. The van der Waals surface area contributed by atoms with E-state index in [-0.39, 0.29) is 28.6 Å². The van der Waals surface area contributed by atoms with Crippen LogP contribution in [0.1, 0.15) is 24.4 Å². The number of nitrogens with zero attached hydrogens (tertiary/aromatic N) is 1. The number of hydrogen-bond donors (Lipinski definition) is 3. The normalized spacial score (nSPS) is 17.8. The first-order valence-corrected chi connectivity index (χ1v) is 7.51. The average molecular weight is 333 g/mol. The van der Waals surface area contributed by atoms with Crippen molar-refractivity contribution in [3.63, 3.8) is 0 Å². The zero-order chi connectivity index (χ0) is 15.6. The second-order valence-corrected chi connectivity index (χ2v) is 6.04. The number of amides is 1. The first-order valence-electron chi connectivity index (χ1n) is 6.76. The van der Waals surface area contributed by atoms with E-state index >= 15 is 0 Å². The van der Waals surface area contributed by atoms with E-state index < -0.39 is 6.61 Å². The molecule has 0 bridgehead atoms. The number of phenols is 1. The van der Waals surface area contributed by atoms with Crippen LogP contribution in [0.4, 0.5) is 0 Å². The van der Waals surface area contributed by atoms with Gasteiger partial charge in [-0.15, -0.1) is 0 Å². The Hall–Kier alpha value is -1.01. The summed E-state index contributed by atoms with van der Waals surface area (Å²) < 4.78 is 0. The fraction of sp³-hybridized carbons (Fsp3) is 0.500. The van der Waals surface area contributed by atoms with Crippen molar-refractivity contribution >= 4 is 29.1 Å². The van der Waals surface area contributed by atoms with Crippen LogP contribution in [0.25, 0.3) is 0 Å². The second kappa shape index (κ2) is 6.83. The molecule has 5 nitrogen and oxygen atoms in total. The van der Waals surface area contributed by atoms with Crippen molar-refractivity contribution in [1.29, 1.82) is 0 Å². The number of aromatic hydroxyl groups is 1. The van der Waals surface area contributed by atoms with Crippen molar-refractivity contribution in [2.75, 3.05) is 19.7 Å². The summed E-state index contributed by atoms with van der Waals surface area (Å²) in [7, 11) is 0. The van der Waals surface area contributed by atoms with Gasteiger partial charge in [0.15, 0.2) is 0 Å². The maximum Gasteiger partial charge on any atom is 0.248 e. The van der Waals surface area contributed by atoms with E-state index in [1.807, 2.05) is 0 Å². The Labute approximate surface area is 133 Å². The van der Waals surface area contributed by atoms with Gasteiger partial charge in [0, 0.05) is 30.8 Å². The Balaban J connectivity index is 2.07. The summed E-state index contributed by atoms with van der Waals surface area (Å²) in [4.78, 5) is 13.0. The Kier molecular flexibility index (Phi) is 5.32. The van der Waals surface area contributed by atoms with Gasteiger partial charge in [-0.1, -0.05) is 23.2 Å². The summed E-state index contributed by atoms with van der Waals surface area (Å²) >= 11 is 11.8. The van der Waals surface area contributed by atoms with Gasteiger partial charge in [0.25, 0.3) is 0 Å². The summed E-state index contributed by atoms with van der Waals surface area (Å²) in [5.41, 5.74) is 6.80. The molecule has 0 unspecified atom stereocenters. The van der Waals surface area contributed by atoms with Crippen LogP contribution in [0.3, 0.4) is 0 Å². The zero-order valence-electron chi connectivity index (χ0n) is 11.4. The van der Waals surface area contributed by atoms with Gasteiger partial charge >= 0.3 is 0 Å². The van der Waals surface area contributed by atoms with Crippen LogP contribution < -0.4 is 5.73 Å². The Morgan fingerprint density at radius 1 is 1.33 bits per heavy atom. The molecule has 1 aromatic rings. The fourth-order valence-electron chi connectivity index (χ4n) is 2.68. The summed E-state index contributed by atoms with van der Waals surface area (Å²) in [6, 6.07) is 2.62. The van der Waals surface area contributed by atoms with E-state index in [9.17, 15) is 9.90 Å². The van der Waals surface area contributed by atoms with E-state index in [0.29, 0.717) is 36.5 Å². The topological polar surface area (TPSA) is 86.8 Å². The van der Waals surface area contributed by atoms with Crippen molar-refractivity contribution in [2.24, 2.45) is 11.7 Å². The third kappa shape index (κ3) is 3.61. The molecule has 0 saturated carbocycles. The van der Waals surface area contributed by atoms with Crippen LogP contribution in [0.15, 0.2) is 12.1 Å². The number of piperidine rings is 1.